The number of morpholine rings is 1. The van der Waals surface area contributed by atoms with Crippen molar-refractivity contribution in [2.75, 3.05) is 56.2 Å². The van der Waals surface area contributed by atoms with Crippen molar-refractivity contribution in [3.05, 3.63) is 48.2 Å². The van der Waals surface area contributed by atoms with Crippen LogP contribution in [0.15, 0.2) is 36.8 Å². The minimum Gasteiger partial charge on any atom is -0.484 e. The number of hydrogen-bond donors (Lipinski definition) is 2. The van der Waals surface area contributed by atoms with Crippen LogP contribution in [-0.4, -0.2) is 78.7 Å². The molecular weight excluding hydrogens is 446 g/mol. The van der Waals surface area contributed by atoms with Crippen LogP contribution >= 0.6 is 0 Å². The van der Waals surface area contributed by atoms with Crippen LogP contribution in [0.5, 0.6) is 5.75 Å². The number of halogens is 2. The van der Waals surface area contributed by atoms with Gasteiger partial charge in [0.1, 0.15) is 11.4 Å². The Morgan fingerprint density at radius 2 is 1.97 bits per heavy atom. The summed E-state index contributed by atoms with van der Waals surface area (Å²) in [5, 5.41) is 2.97. The number of carbonyl (C=O) groups excluding carboxylic acids is 1. The van der Waals surface area contributed by atoms with Gasteiger partial charge in [0.25, 0.3) is 12.3 Å². The van der Waals surface area contributed by atoms with E-state index in [0.29, 0.717) is 51.5 Å². The molecule has 180 valence electrons. The molecule has 11 heteroatoms. The Morgan fingerprint density at radius 3 is 2.65 bits per heavy atom. The normalized spacial score (nSPS) is 19.6. The van der Waals surface area contributed by atoms with E-state index in [9.17, 15) is 13.6 Å². The Kier molecular flexibility index (Phi) is 6.05. The number of alkyl halides is 2. The summed E-state index contributed by atoms with van der Waals surface area (Å²) in [5.41, 5.74) is 7.74. The maximum absolute atomic E-state index is 13.1. The lowest BCUT2D eigenvalue weighted by Crippen LogP contribution is -2.65. The SMILES string of the molecule is N/C=C(/C(=O)Nc1cc2c(cc1N1CCOCC1)OC1(C2)CN(CC(F)F)C1)c1ncccn1. The fraction of sp³-hybridized carbons (Fsp3) is 0.435. The summed E-state index contributed by atoms with van der Waals surface area (Å²) >= 11 is 0. The number of nitrogens with two attached hydrogens (primary N) is 1. The summed E-state index contributed by atoms with van der Waals surface area (Å²) in [5.74, 6) is 0.521. The Hall–Kier alpha value is -3.31. The highest BCUT2D eigenvalue weighted by Crippen LogP contribution is 2.45. The van der Waals surface area contributed by atoms with E-state index in [0.717, 1.165) is 17.0 Å². The molecule has 2 saturated heterocycles. The number of fused-ring (bicyclic) bond motifs is 1. The topological polar surface area (TPSA) is 106 Å². The highest BCUT2D eigenvalue weighted by atomic mass is 19.3. The van der Waals surface area contributed by atoms with Gasteiger partial charge in [0.15, 0.2) is 5.82 Å². The monoisotopic (exact) mass is 472 g/mol. The van der Waals surface area contributed by atoms with Crippen molar-refractivity contribution in [3.63, 3.8) is 0 Å². The number of nitrogens with one attached hydrogen (secondary N) is 1. The highest BCUT2D eigenvalue weighted by molar-refractivity contribution is 6.24. The van der Waals surface area contributed by atoms with E-state index in [4.69, 9.17) is 15.2 Å². The van der Waals surface area contributed by atoms with Gasteiger partial charge < -0.3 is 25.4 Å². The highest BCUT2D eigenvalue weighted by Gasteiger charge is 2.50. The summed E-state index contributed by atoms with van der Waals surface area (Å²) < 4.78 is 37.2. The average Bonchev–Trinajstić information content (AvgIpc) is 3.18. The largest absolute Gasteiger partial charge is 0.484 e. The van der Waals surface area contributed by atoms with Gasteiger partial charge >= 0.3 is 0 Å². The molecule has 0 aliphatic carbocycles. The van der Waals surface area contributed by atoms with Crippen molar-refractivity contribution >= 4 is 22.9 Å². The van der Waals surface area contributed by atoms with E-state index < -0.39 is 17.9 Å². The second-order valence-electron chi connectivity index (χ2n) is 8.71. The molecule has 34 heavy (non-hydrogen) atoms. The molecule has 2 aromatic rings. The number of likely N-dealkylation sites (tertiary alicyclic amines) is 1. The lowest BCUT2D eigenvalue weighted by molar-refractivity contribution is -0.111. The maximum atomic E-state index is 13.1. The fourth-order valence-corrected chi connectivity index (χ4v) is 4.78. The number of ether oxygens (including phenoxy) is 2. The standard InChI is InChI=1S/C23H26F2N6O3/c24-20(25)12-30-13-23(14-30)10-15-8-17(18(9-19(15)34-23)31-4-6-33-7-5-31)29-22(32)16(11-26)21-27-2-1-3-28-21/h1-3,8-9,11,20H,4-7,10,12-14,26H2,(H,29,32)/b16-11+. The van der Waals surface area contributed by atoms with Gasteiger partial charge in [0, 0.05) is 62.8 Å². The third kappa shape index (κ3) is 4.40. The molecule has 1 aromatic carbocycles. The lowest BCUT2D eigenvalue weighted by Gasteiger charge is -2.46. The number of hydrogen-bond acceptors (Lipinski definition) is 8. The zero-order chi connectivity index (χ0) is 23.7. The number of rotatable bonds is 6. The quantitative estimate of drug-likeness (QED) is 0.610. The third-order valence-electron chi connectivity index (χ3n) is 6.26. The molecule has 0 unspecified atom stereocenters. The van der Waals surface area contributed by atoms with Gasteiger partial charge in [-0.15, -0.1) is 0 Å². The number of benzene rings is 1. The molecule has 3 aliphatic heterocycles. The number of aromatic nitrogens is 2. The Labute approximate surface area is 195 Å². The molecule has 1 spiro atoms. The van der Waals surface area contributed by atoms with E-state index >= 15 is 0 Å². The van der Waals surface area contributed by atoms with Crippen LogP contribution < -0.4 is 20.7 Å². The van der Waals surface area contributed by atoms with Crippen molar-refractivity contribution in [2.45, 2.75) is 18.4 Å². The summed E-state index contributed by atoms with van der Waals surface area (Å²) in [7, 11) is 0. The van der Waals surface area contributed by atoms with Crippen molar-refractivity contribution in [1.29, 1.82) is 0 Å². The maximum Gasteiger partial charge on any atom is 0.261 e. The van der Waals surface area contributed by atoms with Crippen LogP contribution in [0.3, 0.4) is 0 Å². The number of carbonyl (C=O) groups is 1. The van der Waals surface area contributed by atoms with Crippen molar-refractivity contribution < 1.29 is 23.0 Å². The first-order valence-electron chi connectivity index (χ1n) is 11.2. The zero-order valence-electron chi connectivity index (χ0n) is 18.5. The average molecular weight is 472 g/mol. The van der Waals surface area contributed by atoms with E-state index in [1.807, 2.05) is 12.1 Å². The van der Waals surface area contributed by atoms with Crippen LogP contribution in [0.1, 0.15) is 11.4 Å². The minimum absolute atomic E-state index is 0.156. The van der Waals surface area contributed by atoms with Crippen molar-refractivity contribution in [3.8, 4) is 5.75 Å². The summed E-state index contributed by atoms with van der Waals surface area (Å²) in [6.45, 7) is 3.12. The molecule has 0 atom stereocenters. The van der Waals surface area contributed by atoms with Gasteiger partial charge in [0.2, 0.25) is 0 Å². The molecule has 2 fully saturated rings. The Morgan fingerprint density at radius 1 is 1.24 bits per heavy atom. The Bertz CT molecular complexity index is 1090. The van der Waals surface area contributed by atoms with Gasteiger partial charge in [-0.1, -0.05) is 0 Å². The predicted molar refractivity (Wildman–Crippen MR) is 122 cm³/mol. The summed E-state index contributed by atoms with van der Waals surface area (Å²) in [6.07, 6.45) is 2.50. The van der Waals surface area contributed by atoms with E-state index in [1.165, 1.54) is 6.20 Å². The fourth-order valence-electron chi connectivity index (χ4n) is 4.78. The molecule has 9 nitrogen and oxygen atoms in total. The summed E-state index contributed by atoms with van der Waals surface area (Å²) in [4.78, 5) is 25.2. The van der Waals surface area contributed by atoms with Crippen molar-refractivity contribution in [1.82, 2.24) is 14.9 Å². The first-order chi connectivity index (χ1) is 16.5. The van der Waals surface area contributed by atoms with E-state index in [2.05, 4.69) is 20.2 Å². The van der Waals surface area contributed by atoms with Gasteiger partial charge in [-0.2, -0.15) is 0 Å². The molecular formula is C23H26F2N6O3. The molecule has 1 aromatic heterocycles. The van der Waals surface area contributed by atoms with Crippen LogP contribution in [0.2, 0.25) is 0 Å². The first-order valence-corrected chi connectivity index (χ1v) is 11.2. The molecule has 1 amide bonds. The lowest BCUT2D eigenvalue weighted by atomic mass is 9.89. The Balaban J connectivity index is 1.41. The third-order valence-corrected chi connectivity index (χ3v) is 6.26. The minimum atomic E-state index is -2.37. The van der Waals surface area contributed by atoms with Gasteiger partial charge in [-0.25, -0.2) is 18.7 Å². The number of nitrogens with zero attached hydrogens (tertiary/aromatic N) is 4. The number of amides is 1. The van der Waals surface area contributed by atoms with Gasteiger partial charge in [0.05, 0.1) is 36.7 Å². The van der Waals surface area contributed by atoms with E-state index in [-0.39, 0.29) is 17.9 Å². The smallest absolute Gasteiger partial charge is 0.261 e. The second kappa shape index (κ2) is 9.15. The van der Waals surface area contributed by atoms with E-state index in [1.54, 1.807) is 23.4 Å². The first kappa shape index (κ1) is 22.5. The van der Waals surface area contributed by atoms with Gasteiger partial charge in [-0.3, -0.25) is 9.69 Å². The molecule has 3 N–H and O–H groups in total. The molecule has 0 radical (unpaired) electrons. The molecule has 4 heterocycles. The molecule has 0 bridgehead atoms. The van der Waals surface area contributed by atoms with Crippen LogP contribution in [0.25, 0.3) is 5.57 Å². The zero-order valence-corrected chi connectivity index (χ0v) is 18.5. The summed E-state index contributed by atoms with van der Waals surface area (Å²) in [6, 6.07) is 5.49. The van der Waals surface area contributed by atoms with Crippen LogP contribution in [0, 0.1) is 0 Å². The van der Waals surface area contributed by atoms with Crippen LogP contribution in [0.4, 0.5) is 20.2 Å². The van der Waals surface area contributed by atoms with Gasteiger partial charge in [-0.05, 0) is 12.1 Å². The predicted octanol–water partition coefficient (Wildman–Crippen LogP) is 1.51. The molecule has 5 rings (SSSR count). The molecule has 3 aliphatic rings. The number of anilines is 2. The van der Waals surface area contributed by atoms with Crippen molar-refractivity contribution in [2.24, 2.45) is 5.73 Å². The van der Waals surface area contributed by atoms with Crippen LogP contribution in [-0.2, 0) is 16.0 Å². The molecule has 0 saturated carbocycles. The second-order valence-corrected chi connectivity index (χ2v) is 8.71.